The monoisotopic (exact) mass is 160 g/mol. The van der Waals surface area contributed by atoms with E-state index in [2.05, 4.69) is 11.4 Å². The number of benzene rings is 1. The molecule has 1 rings (SSSR count). The van der Waals surface area contributed by atoms with Gasteiger partial charge in [0.15, 0.2) is 0 Å². The van der Waals surface area contributed by atoms with Crippen LogP contribution >= 0.6 is 0 Å². The van der Waals surface area contributed by atoms with Gasteiger partial charge in [0, 0.05) is 6.04 Å². The third-order valence-corrected chi connectivity index (χ3v) is 1.85. The van der Waals surface area contributed by atoms with Crippen molar-refractivity contribution in [2.45, 2.75) is 12.5 Å². The molecule has 62 valence electrons. The van der Waals surface area contributed by atoms with E-state index in [1.54, 1.807) is 0 Å². The number of hydrogen-bond acceptors (Lipinski definition) is 2. The average Bonchev–Trinajstić information content (AvgIpc) is 2.15. The molecule has 0 aliphatic heterocycles. The van der Waals surface area contributed by atoms with E-state index >= 15 is 0 Å². The number of hydrogen-bond donors (Lipinski definition) is 1. The largest absolute Gasteiger partial charge is 0.312 e. The molecule has 0 unspecified atom stereocenters. The van der Waals surface area contributed by atoms with Crippen molar-refractivity contribution in [1.29, 1.82) is 5.26 Å². The van der Waals surface area contributed by atoms with Crippen molar-refractivity contribution < 1.29 is 0 Å². The van der Waals surface area contributed by atoms with Gasteiger partial charge < -0.3 is 5.32 Å². The number of nitriles is 1. The van der Waals surface area contributed by atoms with Crippen molar-refractivity contribution in [3.05, 3.63) is 35.9 Å². The van der Waals surface area contributed by atoms with Crippen LogP contribution < -0.4 is 5.32 Å². The van der Waals surface area contributed by atoms with Crippen LogP contribution in [0.5, 0.6) is 0 Å². The molecule has 1 N–H and O–H groups in total. The lowest BCUT2D eigenvalue weighted by molar-refractivity contribution is 0.608. The molecule has 1 aromatic rings. The first-order valence-electron chi connectivity index (χ1n) is 3.97. The van der Waals surface area contributed by atoms with Gasteiger partial charge in [-0.15, -0.1) is 0 Å². The van der Waals surface area contributed by atoms with Gasteiger partial charge >= 0.3 is 0 Å². The van der Waals surface area contributed by atoms with Crippen molar-refractivity contribution in [3.63, 3.8) is 0 Å². The van der Waals surface area contributed by atoms with Crippen LogP contribution in [0.25, 0.3) is 0 Å². The second kappa shape index (κ2) is 4.53. The minimum atomic E-state index is 0.163. The molecule has 0 saturated carbocycles. The maximum Gasteiger partial charge on any atom is 0.0641 e. The molecule has 0 fully saturated rings. The Balaban J connectivity index is 2.75. The van der Waals surface area contributed by atoms with Crippen LogP contribution in [0.15, 0.2) is 30.3 Å². The summed E-state index contributed by atoms with van der Waals surface area (Å²) in [4.78, 5) is 0. The zero-order valence-electron chi connectivity index (χ0n) is 7.12. The van der Waals surface area contributed by atoms with Gasteiger partial charge in [-0.2, -0.15) is 5.26 Å². The second-order valence-electron chi connectivity index (χ2n) is 2.61. The van der Waals surface area contributed by atoms with Gasteiger partial charge in [0.25, 0.3) is 0 Å². The lowest BCUT2D eigenvalue weighted by Crippen LogP contribution is -2.15. The SMILES string of the molecule is CN[C@@H](CC#N)c1ccccc1. The summed E-state index contributed by atoms with van der Waals surface area (Å²) >= 11 is 0. The Bertz CT molecular complexity index is 261. The van der Waals surface area contributed by atoms with Gasteiger partial charge in [0.2, 0.25) is 0 Å². The highest BCUT2D eigenvalue weighted by Gasteiger charge is 2.06. The highest BCUT2D eigenvalue weighted by atomic mass is 14.9. The third kappa shape index (κ3) is 2.08. The van der Waals surface area contributed by atoms with Crippen LogP contribution in [0.3, 0.4) is 0 Å². The molecular formula is C10H12N2. The topological polar surface area (TPSA) is 35.8 Å². The second-order valence-corrected chi connectivity index (χ2v) is 2.61. The molecule has 12 heavy (non-hydrogen) atoms. The van der Waals surface area contributed by atoms with Gasteiger partial charge in [-0.05, 0) is 12.6 Å². The van der Waals surface area contributed by atoms with E-state index in [0.717, 1.165) is 0 Å². The molecular weight excluding hydrogens is 148 g/mol. The molecule has 0 amide bonds. The van der Waals surface area contributed by atoms with Crippen molar-refractivity contribution in [1.82, 2.24) is 5.32 Å². The smallest absolute Gasteiger partial charge is 0.0641 e. The Labute approximate surface area is 72.8 Å². The summed E-state index contributed by atoms with van der Waals surface area (Å²) in [6, 6.07) is 12.3. The molecule has 0 spiro atoms. The summed E-state index contributed by atoms with van der Waals surface area (Å²) < 4.78 is 0. The number of rotatable bonds is 3. The Morgan fingerprint density at radius 3 is 2.58 bits per heavy atom. The zero-order valence-corrected chi connectivity index (χ0v) is 7.12. The fourth-order valence-corrected chi connectivity index (χ4v) is 1.16. The van der Waals surface area contributed by atoms with Gasteiger partial charge in [0.05, 0.1) is 12.5 Å². The highest BCUT2D eigenvalue weighted by Crippen LogP contribution is 2.14. The average molecular weight is 160 g/mol. The van der Waals surface area contributed by atoms with Crippen molar-refractivity contribution >= 4 is 0 Å². The predicted octanol–water partition coefficient (Wildman–Crippen LogP) is 1.86. The van der Waals surface area contributed by atoms with E-state index in [1.165, 1.54) is 5.56 Å². The fraction of sp³-hybridized carbons (Fsp3) is 0.300. The van der Waals surface area contributed by atoms with E-state index in [4.69, 9.17) is 5.26 Å². The van der Waals surface area contributed by atoms with Gasteiger partial charge in [-0.25, -0.2) is 0 Å². The summed E-state index contributed by atoms with van der Waals surface area (Å²) in [5, 5.41) is 11.6. The Morgan fingerprint density at radius 1 is 1.42 bits per heavy atom. The van der Waals surface area contributed by atoms with Crippen LogP contribution in [0, 0.1) is 11.3 Å². The molecule has 0 radical (unpaired) electrons. The Morgan fingerprint density at radius 2 is 2.08 bits per heavy atom. The van der Waals surface area contributed by atoms with Gasteiger partial charge in [-0.3, -0.25) is 0 Å². The minimum Gasteiger partial charge on any atom is -0.312 e. The zero-order chi connectivity index (χ0) is 8.81. The summed E-state index contributed by atoms with van der Waals surface area (Å²) in [6.45, 7) is 0. The first-order chi connectivity index (χ1) is 5.88. The minimum absolute atomic E-state index is 0.163. The first-order valence-corrected chi connectivity index (χ1v) is 3.97. The lowest BCUT2D eigenvalue weighted by Gasteiger charge is -2.11. The van der Waals surface area contributed by atoms with E-state index < -0.39 is 0 Å². The molecule has 2 heteroatoms. The molecule has 0 heterocycles. The van der Waals surface area contributed by atoms with E-state index in [9.17, 15) is 0 Å². The van der Waals surface area contributed by atoms with Gasteiger partial charge in [0.1, 0.15) is 0 Å². The summed E-state index contributed by atoms with van der Waals surface area (Å²) in [6.07, 6.45) is 0.514. The van der Waals surface area contributed by atoms with Crippen molar-refractivity contribution in [3.8, 4) is 6.07 Å². The normalized spacial score (nSPS) is 12.0. The Hall–Kier alpha value is -1.33. The maximum atomic E-state index is 8.54. The molecule has 1 atom stereocenters. The van der Waals surface area contributed by atoms with E-state index in [1.807, 2.05) is 37.4 Å². The van der Waals surface area contributed by atoms with Crippen LogP contribution in [0.2, 0.25) is 0 Å². The molecule has 0 saturated heterocycles. The number of nitrogens with one attached hydrogen (secondary N) is 1. The highest BCUT2D eigenvalue weighted by molar-refractivity contribution is 5.19. The lowest BCUT2D eigenvalue weighted by atomic mass is 10.1. The van der Waals surface area contributed by atoms with E-state index in [-0.39, 0.29) is 6.04 Å². The molecule has 1 aromatic carbocycles. The van der Waals surface area contributed by atoms with Crippen LogP contribution in [-0.2, 0) is 0 Å². The molecule has 0 aromatic heterocycles. The van der Waals surface area contributed by atoms with Crippen LogP contribution in [0.1, 0.15) is 18.0 Å². The van der Waals surface area contributed by atoms with Crippen LogP contribution in [-0.4, -0.2) is 7.05 Å². The Kier molecular flexibility index (Phi) is 3.31. The van der Waals surface area contributed by atoms with Crippen molar-refractivity contribution in [2.75, 3.05) is 7.05 Å². The molecule has 0 bridgehead atoms. The third-order valence-electron chi connectivity index (χ3n) is 1.85. The quantitative estimate of drug-likeness (QED) is 0.732. The summed E-state index contributed by atoms with van der Waals surface area (Å²) in [7, 11) is 1.87. The maximum absolute atomic E-state index is 8.54. The standard InChI is InChI=1S/C10H12N2/c1-12-10(7-8-11)9-5-3-2-4-6-9/h2-6,10,12H,7H2,1H3/t10-/m0/s1. The van der Waals surface area contributed by atoms with E-state index in [0.29, 0.717) is 6.42 Å². The number of nitrogens with zero attached hydrogens (tertiary/aromatic N) is 1. The predicted molar refractivity (Wildman–Crippen MR) is 48.5 cm³/mol. The van der Waals surface area contributed by atoms with Crippen LogP contribution in [0.4, 0.5) is 0 Å². The fourth-order valence-electron chi connectivity index (χ4n) is 1.16. The van der Waals surface area contributed by atoms with Crippen molar-refractivity contribution in [2.24, 2.45) is 0 Å². The molecule has 0 aliphatic rings. The first kappa shape index (κ1) is 8.76. The summed E-state index contributed by atoms with van der Waals surface area (Å²) in [5.74, 6) is 0. The molecule has 0 aliphatic carbocycles. The van der Waals surface area contributed by atoms with Gasteiger partial charge in [-0.1, -0.05) is 30.3 Å². The summed E-state index contributed by atoms with van der Waals surface area (Å²) in [5.41, 5.74) is 1.17. The molecule has 2 nitrogen and oxygen atoms in total.